The first-order chi connectivity index (χ1) is 8.18. The molecule has 0 spiro atoms. The molecule has 2 aromatic rings. The minimum Gasteiger partial charge on any atom is -0.508 e. The highest BCUT2D eigenvalue weighted by Gasteiger charge is 2.21. The molecule has 0 radical (unpaired) electrons. The first kappa shape index (κ1) is 11.2. The zero-order chi connectivity index (χ0) is 12.3. The summed E-state index contributed by atoms with van der Waals surface area (Å²) in [5, 5.41) is 18.7. The van der Waals surface area contributed by atoms with Crippen LogP contribution in [0.3, 0.4) is 0 Å². The van der Waals surface area contributed by atoms with Gasteiger partial charge < -0.3 is 10.2 Å². The highest BCUT2D eigenvalue weighted by Crippen LogP contribution is 2.27. The summed E-state index contributed by atoms with van der Waals surface area (Å²) < 4.78 is 0. The molecule has 86 valence electrons. The summed E-state index contributed by atoms with van der Waals surface area (Å²) in [6, 6.07) is 15.3. The molecule has 2 aromatic carbocycles. The second-order valence-corrected chi connectivity index (χ2v) is 3.78. The molecule has 0 aliphatic carbocycles. The van der Waals surface area contributed by atoms with Crippen LogP contribution in [-0.4, -0.2) is 16.2 Å². The van der Waals surface area contributed by atoms with Crippen LogP contribution in [0.15, 0.2) is 54.6 Å². The van der Waals surface area contributed by atoms with E-state index >= 15 is 0 Å². The number of benzene rings is 2. The minimum atomic E-state index is -0.929. The van der Waals surface area contributed by atoms with Gasteiger partial charge in [-0.15, -0.1) is 0 Å². The van der Waals surface area contributed by atoms with Crippen molar-refractivity contribution < 1.29 is 15.0 Å². The van der Waals surface area contributed by atoms with E-state index in [1.807, 2.05) is 6.07 Å². The second kappa shape index (κ2) is 4.70. The summed E-state index contributed by atoms with van der Waals surface area (Å²) in [7, 11) is 0. The summed E-state index contributed by atoms with van der Waals surface area (Å²) in [4.78, 5) is 11.3. The van der Waals surface area contributed by atoms with Crippen LogP contribution in [0, 0.1) is 0 Å². The number of aromatic hydroxyl groups is 1. The van der Waals surface area contributed by atoms with Crippen LogP contribution in [0.5, 0.6) is 5.75 Å². The third-order valence-electron chi connectivity index (χ3n) is 2.58. The monoisotopic (exact) mass is 228 g/mol. The molecule has 0 saturated carbocycles. The van der Waals surface area contributed by atoms with Crippen LogP contribution >= 0.6 is 0 Å². The van der Waals surface area contributed by atoms with Gasteiger partial charge in [-0.25, -0.2) is 0 Å². The van der Waals surface area contributed by atoms with Gasteiger partial charge in [0.05, 0.1) is 0 Å². The van der Waals surface area contributed by atoms with Crippen LogP contribution < -0.4 is 0 Å². The molecular formula is C14H12O3. The van der Waals surface area contributed by atoms with Crippen LogP contribution in [0.25, 0.3) is 0 Å². The number of hydrogen-bond acceptors (Lipinski definition) is 2. The van der Waals surface area contributed by atoms with E-state index in [9.17, 15) is 15.0 Å². The van der Waals surface area contributed by atoms with Gasteiger partial charge in [0.2, 0.25) is 0 Å². The van der Waals surface area contributed by atoms with Crippen molar-refractivity contribution in [2.24, 2.45) is 0 Å². The fourth-order valence-corrected chi connectivity index (χ4v) is 1.83. The van der Waals surface area contributed by atoms with E-state index in [-0.39, 0.29) is 5.75 Å². The highest BCUT2D eigenvalue weighted by atomic mass is 16.4. The summed E-state index contributed by atoms with van der Waals surface area (Å²) in [6.45, 7) is 0. The maximum Gasteiger partial charge on any atom is 0.315 e. The summed E-state index contributed by atoms with van der Waals surface area (Å²) in [5.41, 5.74) is 1.27. The van der Waals surface area contributed by atoms with E-state index < -0.39 is 11.9 Å². The van der Waals surface area contributed by atoms with E-state index in [2.05, 4.69) is 0 Å². The van der Waals surface area contributed by atoms with Crippen molar-refractivity contribution in [3.05, 3.63) is 65.7 Å². The molecule has 0 aromatic heterocycles. The van der Waals surface area contributed by atoms with Crippen LogP contribution in [0.1, 0.15) is 17.0 Å². The Morgan fingerprint density at radius 1 is 0.941 bits per heavy atom. The Labute approximate surface area is 99.0 Å². The van der Waals surface area contributed by atoms with E-state index in [1.165, 1.54) is 12.1 Å². The second-order valence-electron chi connectivity index (χ2n) is 3.78. The van der Waals surface area contributed by atoms with E-state index in [4.69, 9.17) is 0 Å². The molecule has 2 rings (SSSR count). The first-order valence-electron chi connectivity index (χ1n) is 5.25. The predicted molar refractivity (Wildman–Crippen MR) is 64.0 cm³/mol. The average molecular weight is 228 g/mol. The number of phenolic OH excluding ortho intramolecular Hbond substituents is 1. The molecule has 0 bridgehead atoms. The van der Waals surface area contributed by atoms with Crippen molar-refractivity contribution in [2.75, 3.05) is 0 Å². The van der Waals surface area contributed by atoms with Gasteiger partial charge in [0, 0.05) is 0 Å². The van der Waals surface area contributed by atoms with Gasteiger partial charge in [-0.2, -0.15) is 0 Å². The molecule has 0 fully saturated rings. The normalized spacial score (nSPS) is 12.0. The number of carbonyl (C=O) groups is 1. The first-order valence-corrected chi connectivity index (χ1v) is 5.25. The summed E-state index contributed by atoms with van der Waals surface area (Å²) in [5.74, 6) is -1.60. The molecule has 17 heavy (non-hydrogen) atoms. The third-order valence-corrected chi connectivity index (χ3v) is 2.58. The fourth-order valence-electron chi connectivity index (χ4n) is 1.83. The zero-order valence-corrected chi connectivity index (χ0v) is 9.08. The Balaban J connectivity index is 2.47. The largest absolute Gasteiger partial charge is 0.508 e. The Morgan fingerprint density at radius 2 is 1.59 bits per heavy atom. The van der Waals surface area contributed by atoms with Gasteiger partial charge in [-0.3, -0.25) is 4.79 Å². The quantitative estimate of drug-likeness (QED) is 0.849. The third kappa shape index (κ3) is 2.45. The maximum atomic E-state index is 11.3. The van der Waals surface area contributed by atoms with E-state index in [1.54, 1.807) is 36.4 Å². The summed E-state index contributed by atoms with van der Waals surface area (Å²) >= 11 is 0. The molecular weight excluding hydrogens is 216 g/mol. The maximum absolute atomic E-state index is 11.3. The Morgan fingerprint density at radius 3 is 2.18 bits per heavy atom. The Bertz CT molecular complexity index is 520. The van der Waals surface area contributed by atoms with Gasteiger partial charge in [0.15, 0.2) is 0 Å². The van der Waals surface area contributed by atoms with Gasteiger partial charge >= 0.3 is 5.97 Å². The number of carboxylic acids is 1. The predicted octanol–water partition coefficient (Wildman–Crippen LogP) is 2.61. The lowest BCUT2D eigenvalue weighted by molar-refractivity contribution is -0.137. The molecule has 0 aliphatic rings. The molecule has 0 saturated heterocycles. The van der Waals surface area contributed by atoms with Crippen LogP contribution in [-0.2, 0) is 4.79 Å². The number of phenols is 1. The molecule has 2 N–H and O–H groups in total. The van der Waals surface area contributed by atoms with Crippen LogP contribution in [0.4, 0.5) is 0 Å². The molecule has 3 nitrogen and oxygen atoms in total. The molecule has 0 amide bonds. The van der Waals surface area contributed by atoms with Crippen molar-refractivity contribution in [3.63, 3.8) is 0 Å². The van der Waals surface area contributed by atoms with Crippen molar-refractivity contribution in [2.45, 2.75) is 5.92 Å². The minimum absolute atomic E-state index is 0.0738. The Kier molecular flexibility index (Phi) is 3.10. The SMILES string of the molecule is O=C(O)[C@H](c1ccccc1)c1cccc(O)c1. The smallest absolute Gasteiger partial charge is 0.315 e. The van der Waals surface area contributed by atoms with E-state index in [0.29, 0.717) is 11.1 Å². The van der Waals surface area contributed by atoms with Gasteiger partial charge in [-0.05, 0) is 23.3 Å². The zero-order valence-electron chi connectivity index (χ0n) is 9.08. The average Bonchev–Trinajstić information content (AvgIpc) is 2.30. The lowest BCUT2D eigenvalue weighted by Gasteiger charge is -2.13. The number of hydrogen-bond donors (Lipinski definition) is 2. The van der Waals surface area contributed by atoms with Gasteiger partial charge in [0.25, 0.3) is 0 Å². The summed E-state index contributed by atoms with van der Waals surface area (Å²) in [6.07, 6.45) is 0. The number of rotatable bonds is 3. The highest BCUT2D eigenvalue weighted by molar-refractivity contribution is 5.80. The van der Waals surface area contributed by atoms with Crippen molar-refractivity contribution >= 4 is 5.97 Å². The molecule has 0 heterocycles. The van der Waals surface area contributed by atoms with Crippen LogP contribution in [0.2, 0.25) is 0 Å². The van der Waals surface area contributed by atoms with Crippen molar-refractivity contribution in [1.29, 1.82) is 0 Å². The molecule has 0 unspecified atom stereocenters. The molecule has 0 aliphatic heterocycles. The van der Waals surface area contributed by atoms with Crippen molar-refractivity contribution in [1.82, 2.24) is 0 Å². The topological polar surface area (TPSA) is 57.5 Å². The van der Waals surface area contributed by atoms with Gasteiger partial charge in [-0.1, -0.05) is 42.5 Å². The standard InChI is InChI=1S/C14H12O3/c15-12-8-4-7-11(9-12)13(14(16)17)10-5-2-1-3-6-10/h1-9,13,15H,(H,16,17)/t13-/m1/s1. The molecule has 3 heteroatoms. The molecule has 1 atom stereocenters. The number of carboxylic acid groups (broad SMARTS) is 1. The Hall–Kier alpha value is -2.29. The number of aliphatic carboxylic acids is 1. The van der Waals surface area contributed by atoms with Gasteiger partial charge in [0.1, 0.15) is 11.7 Å². The lowest BCUT2D eigenvalue weighted by atomic mass is 9.91. The van der Waals surface area contributed by atoms with Crippen molar-refractivity contribution in [3.8, 4) is 5.75 Å². The van der Waals surface area contributed by atoms with E-state index in [0.717, 1.165) is 0 Å². The lowest BCUT2D eigenvalue weighted by Crippen LogP contribution is -2.12. The fraction of sp³-hybridized carbons (Fsp3) is 0.0714.